The van der Waals surface area contributed by atoms with Crippen molar-refractivity contribution in [1.82, 2.24) is 9.97 Å². The first-order valence-electron chi connectivity index (χ1n) is 5.92. The van der Waals surface area contributed by atoms with E-state index in [1.54, 1.807) is 17.7 Å². The highest BCUT2D eigenvalue weighted by Gasteiger charge is 2.04. The Balaban J connectivity index is 1.80. The van der Waals surface area contributed by atoms with E-state index in [1.807, 2.05) is 23.6 Å². The summed E-state index contributed by atoms with van der Waals surface area (Å²) in [7, 11) is 0. The summed E-state index contributed by atoms with van der Waals surface area (Å²) in [5.74, 6) is 1.42. The van der Waals surface area contributed by atoms with E-state index < -0.39 is 0 Å². The van der Waals surface area contributed by atoms with Crippen LogP contribution in [0.3, 0.4) is 0 Å². The minimum atomic E-state index is 0.538. The summed E-state index contributed by atoms with van der Waals surface area (Å²) in [5.41, 5.74) is 3.31. The molecule has 3 aromatic rings. The molecule has 0 saturated heterocycles. The van der Waals surface area contributed by atoms with Gasteiger partial charge in [0.2, 0.25) is 0 Å². The molecule has 0 amide bonds. The van der Waals surface area contributed by atoms with Crippen molar-refractivity contribution in [3.63, 3.8) is 0 Å². The van der Waals surface area contributed by atoms with Gasteiger partial charge in [-0.2, -0.15) is 0 Å². The number of nitrogens with one attached hydrogen (secondary N) is 1. The van der Waals surface area contributed by atoms with Crippen LogP contribution in [-0.2, 0) is 12.4 Å². The Morgan fingerprint density at radius 1 is 1.16 bits per heavy atom. The molecular weight excluding hydrogens is 278 g/mol. The lowest BCUT2D eigenvalue weighted by Gasteiger charge is -2.07. The van der Waals surface area contributed by atoms with Crippen LogP contribution in [0.5, 0.6) is 0 Å². The Morgan fingerprint density at radius 3 is 2.95 bits per heavy atom. The molecule has 0 unspecified atom stereocenters. The first-order chi connectivity index (χ1) is 9.36. The summed E-state index contributed by atoms with van der Waals surface area (Å²) in [5, 5.41) is 5.38. The molecule has 2 aromatic heterocycles. The summed E-state index contributed by atoms with van der Waals surface area (Å²) in [6.45, 7) is 0.731. The Kier molecular flexibility index (Phi) is 3.62. The summed E-state index contributed by atoms with van der Waals surface area (Å²) in [6, 6.07) is 10.2. The smallest absolute Gasteiger partial charge is 0.147 e. The van der Waals surface area contributed by atoms with Gasteiger partial charge in [0.05, 0.1) is 10.2 Å². The van der Waals surface area contributed by atoms with Gasteiger partial charge in [-0.1, -0.05) is 24.3 Å². The molecule has 1 aromatic carbocycles. The number of thiophene rings is 1. The van der Waals surface area contributed by atoms with Crippen LogP contribution in [0.25, 0.3) is 10.2 Å². The van der Waals surface area contributed by atoms with Gasteiger partial charge in [0.15, 0.2) is 0 Å². The van der Waals surface area contributed by atoms with Crippen molar-refractivity contribution in [3.05, 3.63) is 53.2 Å². The van der Waals surface area contributed by atoms with Crippen molar-refractivity contribution in [2.75, 3.05) is 5.32 Å². The van der Waals surface area contributed by atoms with E-state index in [-0.39, 0.29) is 0 Å². The molecule has 0 atom stereocenters. The van der Waals surface area contributed by atoms with Crippen LogP contribution in [0.15, 0.2) is 42.0 Å². The first-order valence-corrected chi connectivity index (χ1v) is 7.34. The number of hydrogen-bond donors (Lipinski definition) is 1. The second kappa shape index (κ2) is 5.55. The Labute approximate surface area is 120 Å². The van der Waals surface area contributed by atoms with Crippen molar-refractivity contribution in [2.45, 2.75) is 12.4 Å². The van der Waals surface area contributed by atoms with Crippen LogP contribution in [0, 0.1) is 0 Å². The largest absolute Gasteiger partial charge is 0.365 e. The molecule has 0 fully saturated rings. The summed E-state index contributed by atoms with van der Waals surface area (Å²) in [6.07, 6.45) is 1.59. The Morgan fingerprint density at radius 2 is 2.05 bits per heavy atom. The highest BCUT2D eigenvalue weighted by Crippen LogP contribution is 2.25. The van der Waals surface area contributed by atoms with Gasteiger partial charge in [-0.15, -0.1) is 22.9 Å². The van der Waals surface area contributed by atoms with Crippen molar-refractivity contribution in [3.8, 4) is 0 Å². The van der Waals surface area contributed by atoms with E-state index >= 15 is 0 Å². The van der Waals surface area contributed by atoms with Crippen molar-refractivity contribution in [2.24, 2.45) is 0 Å². The number of aromatic nitrogens is 2. The number of halogens is 1. The summed E-state index contributed by atoms with van der Waals surface area (Å²) < 4.78 is 1.09. The number of nitrogens with zero attached hydrogens (tertiary/aromatic N) is 2. The second-order valence-corrected chi connectivity index (χ2v) is 5.35. The highest BCUT2D eigenvalue weighted by molar-refractivity contribution is 7.17. The van der Waals surface area contributed by atoms with Gasteiger partial charge in [0, 0.05) is 12.4 Å². The summed E-state index contributed by atoms with van der Waals surface area (Å²) >= 11 is 7.49. The third-order valence-electron chi connectivity index (χ3n) is 2.85. The highest BCUT2D eigenvalue weighted by atomic mass is 35.5. The van der Waals surface area contributed by atoms with E-state index in [1.165, 1.54) is 5.56 Å². The molecule has 0 aliphatic heterocycles. The van der Waals surface area contributed by atoms with Gasteiger partial charge < -0.3 is 5.32 Å². The van der Waals surface area contributed by atoms with Gasteiger partial charge in [-0.05, 0) is 22.6 Å². The maximum Gasteiger partial charge on any atom is 0.147 e. The fourth-order valence-electron chi connectivity index (χ4n) is 1.92. The molecule has 0 bridgehead atoms. The third kappa shape index (κ3) is 2.69. The molecule has 0 spiro atoms. The quantitative estimate of drug-likeness (QED) is 0.737. The van der Waals surface area contributed by atoms with Crippen LogP contribution in [-0.4, -0.2) is 9.97 Å². The van der Waals surface area contributed by atoms with Crippen LogP contribution in [0.2, 0.25) is 0 Å². The lowest BCUT2D eigenvalue weighted by molar-refractivity contribution is 1.10. The van der Waals surface area contributed by atoms with Crippen LogP contribution in [0.4, 0.5) is 5.82 Å². The van der Waals surface area contributed by atoms with Gasteiger partial charge in [0.25, 0.3) is 0 Å². The maximum atomic E-state index is 5.84. The topological polar surface area (TPSA) is 37.8 Å². The molecular formula is C14H12ClN3S. The predicted octanol–water partition coefficient (Wildman–Crippen LogP) is 4.04. The fourth-order valence-corrected chi connectivity index (χ4v) is 2.90. The van der Waals surface area contributed by atoms with Crippen molar-refractivity contribution in [1.29, 1.82) is 0 Å². The number of fused-ring (bicyclic) bond motifs is 1. The minimum Gasteiger partial charge on any atom is -0.365 e. The maximum absolute atomic E-state index is 5.84. The molecule has 19 heavy (non-hydrogen) atoms. The average Bonchev–Trinajstić information content (AvgIpc) is 2.94. The number of alkyl halides is 1. The number of anilines is 1. The van der Waals surface area contributed by atoms with Crippen molar-refractivity contribution < 1.29 is 0 Å². The zero-order valence-corrected chi connectivity index (χ0v) is 11.7. The molecule has 0 saturated carbocycles. The molecule has 0 aliphatic carbocycles. The van der Waals surface area contributed by atoms with E-state index in [9.17, 15) is 0 Å². The van der Waals surface area contributed by atoms with E-state index in [4.69, 9.17) is 11.6 Å². The lowest BCUT2D eigenvalue weighted by atomic mass is 10.1. The molecule has 96 valence electrons. The molecule has 0 aliphatic rings. The molecule has 1 N–H and O–H groups in total. The van der Waals surface area contributed by atoms with E-state index in [0.29, 0.717) is 5.88 Å². The van der Waals surface area contributed by atoms with Crippen LogP contribution < -0.4 is 5.32 Å². The Hall–Kier alpha value is -1.65. The van der Waals surface area contributed by atoms with Gasteiger partial charge >= 0.3 is 0 Å². The van der Waals surface area contributed by atoms with Gasteiger partial charge in [-0.3, -0.25) is 0 Å². The first kappa shape index (κ1) is 12.4. The molecule has 3 nitrogen and oxygen atoms in total. The number of rotatable bonds is 4. The Bertz CT molecular complexity index is 696. The monoisotopic (exact) mass is 289 g/mol. The predicted molar refractivity (Wildman–Crippen MR) is 80.7 cm³/mol. The van der Waals surface area contributed by atoms with Crippen LogP contribution in [0.1, 0.15) is 11.1 Å². The molecule has 2 heterocycles. The number of hydrogen-bond acceptors (Lipinski definition) is 4. The third-order valence-corrected chi connectivity index (χ3v) is 4.07. The normalized spacial score (nSPS) is 10.8. The zero-order valence-electron chi connectivity index (χ0n) is 10.1. The number of benzene rings is 1. The molecule has 3 rings (SSSR count). The fraction of sp³-hybridized carbons (Fsp3) is 0.143. The zero-order chi connectivity index (χ0) is 13.1. The molecule has 0 radical (unpaired) electrons. The van der Waals surface area contributed by atoms with Gasteiger partial charge in [0.1, 0.15) is 12.1 Å². The SMILES string of the molecule is ClCc1cccc(CNc2ncnc3ccsc23)c1. The summed E-state index contributed by atoms with van der Waals surface area (Å²) in [4.78, 5) is 8.52. The van der Waals surface area contributed by atoms with Gasteiger partial charge in [-0.25, -0.2) is 9.97 Å². The minimum absolute atomic E-state index is 0.538. The van der Waals surface area contributed by atoms with E-state index in [0.717, 1.165) is 28.1 Å². The van der Waals surface area contributed by atoms with Crippen molar-refractivity contribution >= 4 is 39.0 Å². The average molecular weight is 290 g/mol. The van der Waals surface area contributed by atoms with E-state index in [2.05, 4.69) is 27.4 Å². The standard InChI is InChI=1S/C14H12ClN3S/c15-7-10-2-1-3-11(6-10)8-16-14-13-12(4-5-19-13)17-9-18-14/h1-6,9H,7-8H2,(H,16,17,18). The lowest BCUT2D eigenvalue weighted by Crippen LogP contribution is -2.02. The van der Waals surface area contributed by atoms with Crippen LogP contribution >= 0.6 is 22.9 Å². The second-order valence-electron chi connectivity index (χ2n) is 4.16. The molecule has 5 heteroatoms.